The summed E-state index contributed by atoms with van der Waals surface area (Å²) in [6, 6.07) is 12.9. The molecule has 1 aliphatic rings. The number of carbonyl (C=O) groups is 6. The molecule has 3 atom stereocenters. The molecule has 0 spiro atoms. The maximum absolute atomic E-state index is 13.6. The lowest BCUT2D eigenvalue weighted by Crippen LogP contribution is -2.57. The molecular formula is C47H72N8O10. The molecule has 5 amide bonds. The van der Waals surface area contributed by atoms with E-state index in [1.165, 1.54) is 6.92 Å². The third-order valence-electron chi connectivity index (χ3n) is 10.7. The molecule has 0 aromatic heterocycles. The molecule has 0 fully saturated rings. The Labute approximate surface area is 383 Å². The zero-order valence-electron chi connectivity index (χ0n) is 39.1. The van der Waals surface area contributed by atoms with E-state index in [4.69, 9.17) is 24.7 Å². The largest absolute Gasteiger partial charge is 0.396 e. The number of benzene rings is 2. The molecule has 65 heavy (non-hydrogen) atoms. The van der Waals surface area contributed by atoms with E-state index in [1.54, 1.807) is 25.7 Å². The highest BCUT2D eigenvalue weighted by atomic mass is 16.6. The van der Waals surface area contributed by atoms with Crippen LogP contribution in [-0.4, -0.2) is 133 Å². The molecule has 18 nitrogen and oxygen atoms in total. The number of nitrogens with one attached hydrogen (secondary N) is 6. The highest BCUT2D eigenvalue weighted by molar-refractivity contribution is 6.02. The van der Waals surface area contributed by atoms with Crippen molar-refractivity contribution in [2.75, 3.05) is 84.9 Å². The van der Waals surface area contributed by atoms with Crippen molar-refractivity contribution < 1.29 is 47.7 Å². The molecule has 8 N–H and O–H groups in total. The van der Waals surface area contributed by atoms with Gasteiger partial charge in [0.2, 0.25) is 29.5 Å². The Bertz CT molecular complexity index is 1880. The Morgan fingerprint density at radius 3 is 1.92 bits per heavy atom. The molecule has 360 valence electrons. The molecule has 0 saturated heterocycles. The molecule has 3 rings (SSSR count). The molecule has 1 heterocycles. The van der Waals surface area contributed by atoms with Gasteiger partial charge in [0, 0.05) is 44.0 Å². The summed E-state index contributed by atoms with van der Waals surface area (Å²) in [6.07, 6.45) is 1.96. The lowest BCUT2D eigenvalue weighted by Gasteiger charge is -2.30. The fourth-order valence-electron chi connectivity index (χ4n) is 6.88. The van der Waals surface area contributed by atoms with Crippen molar-refractivity contribution in [3.8, 4) is 0 Å². The molecule has 1 aliphatic heterocycles. The zero-order valence-corrected chi connectivity index (χ0v) is 39.1. The normalized spacial score (nSPS) is 14.8. The van der Waals surface area contributed by atoms with Crippen LogP contribution in [0.25, 0.3) is 11.4 Å². The number of anilines is 1. The van der Waals surface area contributed by atoms with Gasteiger partial charge in [0.05, 0.1) is 82.5 Å². The second-order valence-electron chi connectivity index (χ2n) is 16.0. The fourth-order valence-corrected chi connectivity index (χ4v) is 6.88. The number of nitrogens with zero attached hydrogens (tertiary/aromatic N) is 1. The maximum atomic E-state index is 13.6. The van der Waals surface area contributed by atoms with Crippen molar-refractivity contribution in [2.45, 2.75) is 90.9 Å². The van der Waals surface area contributed by atoms with E-state index < -0.39 is 29.9 Å². The Morgan fingerprint density at radius 1 is 0.677 bits per heavy atom. The minimum absolute atomic E-state index is 0.0274. The van der Waals surface area contributed by atoms with Gasteiger partial charge >= 0.3 is 0 Å². The number of ether oxygens (including phenoxy) is 4. The van der Waals surface area contributed by atoms with Crippen molar-refractivity contribution in [2.24, 2.45) is 11.7 Å². The van der Waals surface area contributed by atoms with Gasteiger partial charge in [-0.05, 0) is 64.3 Å². The van der Waals surface area contributed by atoms with E-state index in [0.717, 1.165) is 35.4 Å². The van der Waals surface area contributed by atoms with E-state index in [9.17, 15) is 28.8 Å². The molecular weight excluding hydrogens is 837 g/mol. The van der Waals surface area contributed by atoms with Crippen molar-refractivity contribution >= 4 is 52.4 Å². The molecule has 0 saturated carbocycles. The second-order valence-corrected chi connectivity index (χ2v) is 16.0. The number of hydrogen-bond donors (Lipinski definition) is 7. The average Bonchev–Trinajstić information content (AvgIpc) is 3.28. The summed E-state index contributed by atoms with van der Waals surface area (Å²) in [5, 5.41) is 17.3. The number of hydrogen-bond acceptors (Lipinski definition) is 13. The first-order chi connectivity index (χ1) is 31.3. The molecule has 0 aliphatic carbocycles. The zero-order chi connectivity index (χ0) is 47.6. The third-order valence-corrected chi connectivity index (χ3v) is 10.7. The SMILES string of the molecule is CNCCCC[C@@H](NC(=O)CCOCCOCCOCCOCCNC(=O)CCC(=O)N1Cc2ccccc2/C(NC)=C(/N)c2ccccc21)C(=O)NC(C(=O)N[C@@H](C)C(C)=O)C(C)C. The van der Waals surface area contributed by atoms with Gasteiger partial charge in [0.15, 0.2) is 5.78 Å². The number of Topliss-reactive ketones (excluding diaryl/α,β-unsaturated/α-hetero) is 1. The standard InChI is InChI=1S/C47H72N8O10/c1-32(2)44(47(61)52-33(3)34(4)56)54-46(60)38(16-11-12-21-49-5)53-41(58)20-23-62-25-27-64-29-30-65-28-26-63-24-22-51-40(57)18-19-42(59)55-31-35-13-7-8-14-36(35)45(50-6)43(48)37-15-9-10-17-39(37)55/h7-10,13-15,17,32-33,38,44,49-50H,11-12,16,18-31,48H2,1-6H3,(H,51,57)(H,52,61)(H,53,58)(H,54,60)/b45-43-/t33-,38+,44?/m0/s1. The average molecular weight is 909 g/mol. The van der Waals surface area contributed by atoms with Crippen LogP contribution in [0.5, 0.6) is 0 Å². The Hall–Kier alpha value is -5.40. The predicted octanol–water partition coefficient (Wildman–Crippen LogP) is 2.00. The third kappa shape index (κ3) is 18.9. The fraction of sp³-hybridized carbons (Fsp3) is 0.574. The quantitative estimate of drug-likeness (QED) is 0.0537. The first-order valence-corrected chi connectivity index (χ1v) is 22.6. The van der Waals surface area contributed by atoms with Crippen LogP contribution in [0.1, 0.15) is 82.9 Å². The summed E-state index contributed by atoms with van der Waals surface area (Å²) >= 11 is 0. The smallest absolute Gasteiger partial charge is 0.243 e. The monoisotopic (exact) mass is 909 g/mol. The molecule has 2 aromatic carbocycles. The Balaban J connectivity index is 1.24. The van der Waals surface area contributed by atoms with Gasteiger partial charge in [-0.25, -0.2) is 0 Å². The van der Waals surface area contributed by atoms with Gasteiger partial charge in [-0.2, -0.15) is 0 Å². The van der Waals surface area contributed by atoms with Crippen molar-refractivity contribution in [3.63, 3.8) is 0 Å². The summed E-state index contributed by atoms with van der Waals surface area (Å²) in [7, 11) is 3.66. The number of nitrogens with two attached hydrogens (primary N) is 1. The number of carbonyl (C=O) groups excluding carboxylic acids is 6. The number of rotatable bonds is 31. The highest BCUT2D eigenvalue weighted by Crippen LogP contribution is 2.34. The van der Waals surface area contributed by atoms with Crippen molar-refractivity contribution in [1.29, 1.82) is 0 Å². The first kappa shape index (κ1) is 53.9. The van der Waals surface area contributed by atoms with Crippen LogP contribution in [0.3, 0.4) is 0 Å². The molecule has 18 heteroatoms. The van der Waals surface area contributed by atoms with Crippen molar-refractivity contribution in [1.82, 2.24) is 31.9 Å². The summed E-state index contributed by atoms with van der Waals surface area (Å²) in [6.45, 7) is 10.3. The van der Waals surface area contributed by atoms with Crippen LogP contribution in [-0.2, 0) is 54.3 Å². The minimum atomic E-state index is -0.875. The minimum Gasteiger partial charge on any atom is -0.396 e. The van der Waals surface area contributed by atoms with E-state index in [0.29, 0.717) is 70.3 Å². The van der Waals surface area contributed by atoms with Gasteiger partial charge in [0.1, 0.15) is 12.1 Å². The number of amides is 5. The lowest BCUT2D eigenvalue weighted by molar-refractivity contribution is -0.134. The Kier molecular flexibility index (Phi) is 24.8. The topological polar surface area (TPSA) is 241 Å². The van der Waals surface area contributed by atoms with Gasteiger partial charge in [-0.1, -0.05) is 56.3 Å². The molecule has 2 aromatic rings. The molecule has 0 radical (unpaired) electrons. The lowest BCUT2D eigenvalue weighted by atomic mass is 9.96. The predicted molar refractivity (Wildman–Crippen MR) is 249 cm³/mol. The van der Waals surface area contributed by atoms with Crippen LogP contribution < -0.4 is 42.5 Å². The van der Waals surface area contributed by atoms with Crippen LogP contribution in [0, 0.1) is 5.92 Å². The van der Waals surface area contributed by atoms with Gasteiger partial charge in [-0.15, -0.1) is 0 Å². The summed E-state index contributed by atoms with van der Waals surface area (Å²) in [5.74, 6) is -2.16. The van der Waals surface area contributed by atoms with Crippen LogP contribution in [0.2, 0.25) is 0 Å². The highest BCUT2D eigenvalue weighted by Gasteiger charge is 2.30. The van der Waals surface area contributed by atoms with Crippen LogP contribution >= 0.6 is 0 Å². The van der Waals surface area contributed by atoms with E-state index >= 15 is 0 Å². The van der Waals surface area contributed by atoms with Gasteiger partial charge in [-0.3, -0.25) is 28.8 Å². The summed E-state index contributed by atoms with van der Waals surface area (Å²) in [4.78, 5) is 78.4. The van der Waals surface area contributed by atoms with E-state index in [2.05, 4.69) is 31.9 Å². The second kappa shape index (κ2) is 29.9. The van der Waals surface area contributed by atoms with Crippen molar-refractivity contribution in [3.05, 3.63) is 65.2 Å². The van der Waals surface area contributed by atoms with E-state index in [1.807, 2.05) is 62.6 Å². The Morgan fingerprint density at radius 2 is 1.29 bits per heavy atom. The number of unbranched alkanes of at least 4 members (excludes halogenated alkanes) is 1. The summed E-state index contributed by atoms with van der Waals surface area (Å²) < 4.78 is 22.2. The van der Waals surface area contributed by atoms with Crippen LogP contribution in [0.15, 0.2) is 48.5 Å². The first-order valence-electron chi connectivity index (χ1n) is 22.6. The van der Waals surface area contributed by atoms with Gasteiger partial charge in [0.25, 0.3) is 0 Å². The number of fused-ring (bicyclic) bond motifs is 2. The molecule has 1 unspecified atom stereocenters. The van der Waals surface area contributed by atoms with E-state index in [-0.39, 0.29) is 68.5 Å². The van der Waals surface area contributed by atoms with Crippen LogP contribution in [0.4, 0.5) is 5.69 Å². The van der Waals surface area contributed by atoms with Gasteiger partial charge < -0.3 is 61.5 Å². The summed E-state index contributed by atoms with van der Waals surface area (Å²) in [5.41, 5.74) is 11.3. The number of para-hydroxylation sites is 1. The number of ketones is 1. The maximum Gasteiger partial charge on any atom is 0.243 e. The molecule has 0 bridgehead atoms.